The molecule has 0 amide bonds. The Bertz CT molecular complexity index is 138. The van der Waals surface area contributed by atoms with Gasteiger partial charge in [0.05, 0.1) is 6.61 Å². The molecule has 72 valence electrons. The molecule has 0 spiro atoms. The van der Waals surface area contributed by atoms with Crippen molar-refractivity contribution >= 4 is 0 Å². The van der Waals surface area contributed by atoms with Crippen molar-refractivity contribution in [3.63, 3.8) is 0 Å². The molecule has 2 nitrogen and oxygen atoms in total. The lowest BCUT2D eigenvalue weighted by molar-refractivity contribution is 0.120. The highest BCUT2D eigenvalue weighted by Gasteiger charge is 2.30. The summed E-state index contributed by atoms with van der Waals surface area (Å²) in [4.78, 5) is 2.45. The third kappa shape index (κ3) is 1.99. The molecule has 2 heteroatoms. The highest BCUT2D eigenvalue weighted by atomic mass is 16.3. The van der Waals surface area contributed by atoms with Crippen molar-refractivity contribution in [2.45, 2.75) is 45.7 Å². The number of hydrogen-bond donors (Lipinski definition) is 1. The number of hydrogen-bond acceptors (Lipinski definition) is 2. The zero-order valence-corrected chi connectivity index (χ0v) is 8.45. The Morgan fingerprint density at radius 1 is 1.58 bits per heavy atom. The zero-order chi connectivity index (χ0) is 9.14. The van der Waals surface area contributed by atoms with Gasteiger partial charge in [-0.25, -0.2) is 0 Å². The van der Waals surface area contributed by atoms with Crippen molar-refractivity contribution in [3.8, 4) is 0 Å². The number of nitrogens with zero attached hydrogens (tertiary/aromatic N) is 1. The van der Waals surface area contributed by atoms with Crippen molar-refractivity contribution in [2.24, 2.45) is 5.92 Å². The lowest BCUT2D eigenvalue weighted by Crippen LogP contribution is -2.39. The number of aliphatic hydroxyl groups is 1. The Morgan fingerprint density at radius 2 is 2.25 bits per heavy atom. The average molecular weight is 171 g/mol. The van der Waals surface area contributed by atoms with Crippen LogP contribution in [-0.2, 0) is 0 Å². The Balaban J connectivity index is 2.51. The smallest absolute Gasteiger partial charge is 0.0584 e. The predicted octanol–water partition coefficient (Wildman–Crippen LogP) is 1.49. The first kappa shape index (κ1) is 10.0. The van der Waals surface area contributed by atoms with Crippen LogP contribution in [-0.4, -0.2) is 35.2 Å². The van der Waals surface area contributed by atoms with E-state index >= 15 is 0 Å². The minimum atomic E-state index is 0.295. The van der Waals surface area contributed by atoms with E-state index in [-0.39, 0.29) is 0 Å². The first-order chi connectivity index (χ1) is 5.69. The summed E-state index contributed by atoms with van der Waals surface area (Å²) in [6.45, 7) is 8.11. The van der Waals surface area contributed by atoms with Gasteiger partial charge in [0, 0.05) is 18.6 Å². The normalized spacial score (nSPS) is 34.0. The molecule has 0 saturated carbocycles. The van der Waals surface area contributed by atoms with Gasteiger partial charge in [-0.3, -0.25) is 4.90 Å². The highest BCUT2D eigenvalue weighted by molar-refractivity contribution is 4.85. The van der Waals surface area contributed by atoms with E-state index in [4.69, 9.17) is 5.11 Å². The van der Waals surface area contributed by atoms with Crippen LogP contribution in [0.15, 0.2) is 0 Å². The summed E-state index contributed by atoms with van der Waals surface area (Å²) in [5.74, 6) is 0.809. The van der Waals surface area contributed by atoms with Crippen LogP contribution in [0.25, 0.3) is 0 Å². The van der Waals surface area contributed by atoms with E-state index in [1.165, 1.54) is 19.4 Å². The molecular weight excluding hydrogens is 150 g/mol. The summed E-state index contributed by atoms with van der Waals surface area (Å²) in [6.07, 6.45) is 2.52. The monoisotopic (exact) mass is 171 g/mol. The van der Waals surface area contributed by atoms with Crippen molar-refractivity contribution in [3.05, 3.63) is 0 Å². The highest BCUT2D eigenvalue weighted by Crippen LogP contribution is 2.26. The maximum atomic E-state index is 9.05. The standard InChI is InChI=1S/C10H21NO/c1-4-10-5-8(2)6-11(10)9(3)7-12/h8-10,12H,4-7H2,1-3H3. The summed E-state index contributed by atoms with van der Waals surface area (Å²) in [7, 11) is 0. The van der Waals surface area contributed by atoms with Crippen molar-refractivity contribution < 1.29 is 5.11 Å². The first-order valence-corrected chi connectivity index (χ1v) is 5.05. The molecule has 0 aromatic carbocycles. The van der Waals surface area contributed by atoms with Gasteiger partial charge in [-0.1, -0.05) is 13.8 Å². The van der Waals surface area contributed by atoms with E-state index in [1.807, 2.05) is 0 Å². The van der Waals surface area contributed by atoms with Crippen LogP contribution >= 0.6 is 0 Å². The minimum absolute atomic E-state index is 0.295. The molecule has 0 bridgehead atoms. The van der Waals surface area contributed by atoms with Gasteiger partial charge in [-0.05, 0) is 25.7 Å². The molecule has 0 aromatic rings. The van der Waals surface area contributed by atoms with Gasteiger partial charge in [-0.15, -0.1) is 0 Å². The summed E-state index contributed by atoms with van der Waals surface area (Å²) < 4.78 is 0. The molecule has 0 aliphatic carbocycles. The molecule has 3 atom stereocenters. The fourth-order valence-electron chi connectivity index (χ4n) is 2.23. The maximum absolute atomic E-state index is 9.05. The van der Waals surface area contributed by atoms with Crippen LogP contribution in [0.1, 0.15) is 33.6 Å². The van der Waals surface area contributed by atoms with Gasteiger partial charge in [0.1, 0.15) is 0 Å². The number of likely N-dealkylation sites (tertiary alicyclic amines) is 1. The second kappa shape index (κ2) is 4.24. The Hall–Kier alpha value is -0.0800. The molecule has 0 radical (unpaired) electrons. The van der Waals surface area contributed by atoms with Crippen LogP contribution in [0.2, 0.25) is 0 Å². The maximum Gasteiger partial charge on any atom is 0.0584 e. The minimum Gasteiger partial charge on any atom is -0.395 e. The largest absolute Gasteiger partial charge is 0.395 e. The van der Waals surface area contributed by atoms with Crippen molar-refractivity contribution in [2.75, 3.05) is 13.2 Å². The molecule has 1 saturated heterocycles. The number of rotatable bonds is 3. The topological polar surface area (TPSA) is 23.5 Å². The zero-order valence-electron chi connectivity index (χ0n) is 8.45. The second-order valence-corrected chi connectivity index (χ2v) is 4.13. The Kier molecular flexibility index (Phi) is 3.53. The summed E-state index contributed by atoms with van der Waals surface area (Å²) in [5.41, 5.74) is 0. The summed E-state index contributed by atoms with van der Waals surface area (Å²) in [5, 5.41) is 9.05. The lowest BCUT2D eigenvalue weighted by Gasteiger charge is -2.28. The van der Waals surface area contributed by atoms with E-state index < -0.39 is 0 Å². The molecule has 1 fully saturated rings. The van der Waals surface area contributed by atoms with Crippen LogP contribution in [0.5, 0.6) is 0 Å². The molecule has 0 aromatic heterocycles. The Labute approximate surface area is 75.6 Å². The molecular formula is C10H21NO. The quantitative estimate of drug-likeness (QED) is 0.695. The third-order valence-corrected chi connectivity index (χ3v) is 2.97. The van der Waals surface area contributed by atoms with Crippen LogP contribution in [0.4, 0.5) is 0 Å². The van der Waals surface area contributed by atoms with E-state index in [0.29, 0.717) is 18.7 Å². The number of aliphatic hydroxyl groups excluding tert-OH is 1. The van der Waals surface area contributed by atoms with Crippen LogP contribution < -0.4 is 0 Å². The molecule has 1 rings (SSSR count). The fourth-order valence-corrected chi connectivity index (χ4v) is 2.23. The fraction of sp³-hybridized carbons (Fsp3) is 1.00. The Morgan fingerprint density at radius 3 is 2.75 bits per heavy atom. The molecule has 1 aliphatic heterocycles. The first-order valence-electron chi connectivity index (χ1n) is 5.05. The van der Waals surface area contributed by atoms with Gasteiger partial charge < -0.3 is 5.11 Å². The van der Waals surface area contributed by atoms with Crippen molar-refractivity contribution in [1.29, 1.82) is 0 Å². The molecule has 12 heavy (non-hydrogen) atoms. The van der Waals surface area contributed by atoms with Gasteiger partial charge in [0.25, 0.3) is 0 Å². The van der Waals surface area contributed by atoms with Crippen LogP contribution in [0.3, 0.4) is 0 Å². The van der Waals surface area contributed by atoms with Gasteiger partial charge >= 0.3 is 0 Å². The van der Waals surface area contributed by atoms with Gasteiger partial charge in [-0.2, -0.15) is 0 Å². The van der Waals surface area contributed by atoms with Crippen LogP contribution in [0, 0.1) is 5.92 Å². The third-order valence-electron chi connectivity index (χ3n) is 2.97. The second-order valence-electron chi connectivity index (χ2n) is 4.13. The molecule has 3 unspecified atom stereocenters. The average Bonchev–Trinajstić information content (AvgIpc) is 2.45. The summed E-state index contributed by atoms with van der Waals surface area (Å²) >= 11 is 0. The SMILES string of the molecule is CCC1CC(C)CN1C(C)CO. The molecule has 1 aliphatic rings. The van der Waals surface area contributed by atoms with Gasteiger partial charge in [0.15, 0.2) is 0 Å². The molecule has 1 heterocycles. The van der Waals surface area contributed by atoms with Crippen molar-refractivity contribution in [1.82, 2.24) is 4.90 Å². The van der Waals surface area contributed by atoms with E-state index in [0.717, 1.165) is 5.92 Å². The van der Waals surface area contributed by atoms with E-state index in [2.05, 4.69) is 25.7 Å². The summed E-state index contributed by atoms with van der Waals surface area (Å²) in [6, 6.07) is 1.06. The van der Waals surface area contributed by atoms with E-state index in [9.17, 15) is 0 Å². The molecule has 1 N–H and O–H groups in total. The predicted molar refractivity (Wildman–Crippen MR) is 51.1 cm³/mol. The van der Waals surface area contributed by atoms with Gasteiger partial charge in [0.2, 0.25) is 0 Å². The lowest BCUT2D eigenvalue weighted by atomic mass is 10.1. The van der Waals surface area contributed by atoms with E-state index in [1.54, 1.807) is 0 Å².